The van der Waals surface area contributed by atoms with Crippen LogP contribution in [0.5, 0.6) is 0 Å². The van der Waals surface area contributed by atoms with Gasteiger partial charge in [0.25, 0.3) is 0 Å². The minimum absolute atomic E-state index is 0.0532. The second kappa shape index (κ2) is 22.4. The third kappa shape index (κ3) is 10.1. The van der Waals surface area contributed by atoms with Gasteiger partial charge in [0, 0.05) is 61.2 Å². The van der Waals surface area contributed by atoms with Gasteiger partial charge in [0.1, 0.15) is 0 Å². The van der Waals surface area contributed by atoms with Gasteiger partial charge in [-0.05, 0) is 228 Å². The van der Waals surface area contributed by atoms with Crippen LogP contribution >= 0.6 is 0 Å². The number of benzene rings is 12. The lowest BCUT2D eigenvalue weighted by molar-refractivity contribution is 0.590. The SMILES string of the molecule is CC(C)(C)c1ccc(N(c2ccc3c(c2)C(C)(C)c2ccccc2-3)c2ccc3c(c2)C(C)(C)c2cc(/C=C/c4ccc5c(c4)C(C)(C)c4cc(/C=C/c6ccc7c(c6)C(C)(C)c6cc(N(c8ccc(C(C)(C)C)cc8)c8ccc9c(c8)C(C)(C)c8ccccc8-9)ccc6-7)ccc4-5)ccc2-3)cc1. The summed E-state index contributed by atoms with van der Waals surface area (Å²) < 4.78 is 0. The Morgan fingerprint density at radius 2 is 0.406 bits per heavy atom. The Morgan fingerprint density at radius 3 is 0.653 bits per heavy atom. The van der Waals surface area contributed by atoms with Gasteiger partial charge >= 0.3 is 0 Å². The van der Waals surface area contributed by atoms with Crippen molar-refractivity contribution < 1.29 is 0 Å². The first-order valence-corrected chi connectivity index (χ1v) is 36.6. The summed E-state index contributed by atoms with van der Waals surface area (Å²) in [6, 6.07) is 93.4. The Bertz CT molecular complexity index is 5160. The number of hydrogen-bond acceptors (Lipinski definition) is 2. The number of nitrogens with zero attached hydrogens (tertiary/aromatic N) is 2. The van der Waals surface area contributed by atoms with E-state index in [9.17, 15) is 0 Å². The van der Waals surface area contributed by atoms with Gasteiger partial charge in [-0.3, -0.25) is 0 Å². The van der Waals surface area contributed by atoms with Gasteiger partial charge in [-0.15, -0.1) is 0 Å². The summed E-state index contributed by atoms with van der Waals surface area (Å²) in [5.41, 5.74) is 40.8. The fourth-order valence-electron chi connectivity index (χ4n) is 18.1. The summed E-state index contributed by atoms with van der Waals surface area (Å²) >= 11 is 0. The minimum atomic E-state index is -0.220. The molecule has 0 atom stereocenters. The largest absolute Gasteiger partial charge is 0.310 e. The topological polar surface area (TPSA) is 6.48 Å². The molecule has 2 nitrogen and oxygen atoms in total. The molecule has 5 aliphatic carbocycles. The predicted octanol–water partition coefficient (Wildman–Crippen LogP) is 27.1. The van der Waals surface area contributed by atoms with Crippen molar-refractivity contribution in [3.63, 3.8) is 0 Å². The molecule has 0 saturated carbocycles. The molecule has 0 N–H and O–H groups in total. The fraction of sp³-hybridized carbons (Fsp3) is 0.232. The van der Waals surface area contributed by atoms with E-state index in [0.29, 0.717) is 0 Å². The molecule has 0 fully saturated rings. The third-order valence-electron chi connectivity index (χ3n) is 24.2. The van der Waals surface area contributed by atoms with Crippen LogP contribution < -0.4 is 9.80 Å². The maximum Gasteiger partial charge on any atom is 0.0465 e. The first-order valence-electron chi connectivity index (χ1n) is 36.6. The predicted molar refractivity (Wildman–Crippen MR) is 432 cm³/mol. The van der Waals surface area contributed by atoms with Crippen molar-refractivity contribution in [3.05, 3.63) is 332 Å². The average Bonchev–Trinajstić information content (AvgIpc) is 1.60. The van der Waals surface area contributed by atoms with Gasteiger partial charge in [0.15, 0.2) is 0 Å². The highest BCUT2D eigenvalue weighted by Crippen LogP contribution is 2.57. The number of fused-ring (bicyclic) bond motifs is 15. The van der Waals surface area contributed by atoms with E-state index in [-0.39, 0.29) is 37.9 Å². The second-order valence-corrected chi connectivity index (χ2v) is 34.3. The lowest BCUT2D eigenvalue weighted by atomic mass is 9.81. The second-order valence-electron chi connectivity index (χ2n) is 34.3. The summed E-state index contributed by atoms with van der Waals surface area (Å²) in [7, 11) is 0. The summed E-state index contributed by atoms with van der Waals surface area (Å²) in [5.74, 6) is 0. The third-order valence-corrected chi connectivity index (χ3v) is 24.2. The molecule has 0 heterocycles. The highest BCUT2D eigenvalue weighted by atomic mass is 15.1. The van der Waals surface area contributed by atoms with Crippen LogP contribution in [0.15, 0.2) is 243 Å². The van der Waals surface area contributed by atoms with E-state index >= 15 is 0 Å². The molecule has 0 radical (unpaired) electrons. The molecule has 5 aliphatic rings. The normalized spacial score (nSPS) is 16.0. The Labute approximate surface area is 600 Å². The Balaban J connectivity index is 0.615. The van der Waals surface area contributed by atoms with E-state index in [0.717, 1.165) is 11.4 Å². The van der Waals surface area contributed by atoms with Gasteiger partial charge in [0.2, 0.25) is 0 Å². The van der Waals surface area contributed by atoms with Crippen LogP contribution in [0.4, 0.5) is 34.1 Å². The summed E-state index contributed by atoms with van der Waals surface area (Å²) in [6.07, 6.45) is 9.25. The van der Waals surface area contributed by atoms with E-state index < -0.39 is 0 Å². The molecule has 0 unspecified atom stereocenters. The number of hydrogen-bond donors (Lipinski definition) is 0. The van der Waals surface area contributed by atoms with Crippen LogP contribution in [-0.2, 0) is 37.9 Å². The van der Waals surface area contributed by atoms with E-state index in [1.165, 1.54) is 167 Å². The summed E-state index contributed by atoms with van der Waals surface area (Å²) in [4.78, 5) is 4.96. The van der Waals surface area contributed by atoms with Crippen molar-refractivity contribution in [1.82, 2.24) is 0 Å². The molecule has 0 aromatic heterocycles. The van der Waals surface area contributed by atoms with Gasteiger partial charge in [-0.2, -0.15) is 0 Å². The average molecular weight is 1310 g/mol. The highest BCUT2D eigenvalue weighted by molar-refractivity contribution is 5.93. The monoisotopic (exact) mass is 1310 g/mol. The highest BCUT2D eigenvalue weighted by Gasteiger charge is 2.42. The summed E-state index contributed by atoms with van der Waals surface area (Å²) in [6.45, 7) is 37.7. The Hall–Kier alpha value is -10.3. The molecule has 498 valence electrons. The summed E-state index contributed by atoms with van der Waals surface area (Å²) in [5, 5.41) is 0. The Kier molecular flexibility index (Phi) is 14.2. The number of anilines is 6. The van der Waals surface area contributed by atoms with Crippen LogP contribution in [-0.4, -0.2) is 0 Å². The first kappa shape index (κ1) is 64.1. The zero-order chi connectivity index (χ0) is 70.2. The quantitative estimate of drug-likeness (QED) is 0.126. The zero-order valence-corrected chi connectivity index (χ0v) is 61.8. The molecule has 2 heteroatoms. The van der Waals surface area contributed by atoms with Gasteiger partial charge in [-0.1, -0.05) is 305 Å². The van der Waals surface area contributed by atoms with Crippen molar-refractivity contribution in [2.45, 2.75) is 149 Å². The van der Waals surface area contributed by atoms with Gasteiger partial charge < -0.3 is 9.80 Å². The maximum atomic E-state index is 2.48. The molecule has 12 aromatic carbocycles. The molecular weight excluding hydrogens is 1220 g/mol. The first-order chi connectivity index (χ1) is 48.1. The van der Waals surface area contributed by atoms with Crippen LogP contribution in [0.1, 0.15) is 200 Å². The maximum absolute atomic E-state index is 2.48. The van der Waals surface area contributed by atoms with Crippen molar-refractivity contribution in [2.24, 2.45) is 0 Å². The van der Waals surface area contributed by atoms with E-state index in [1.807, 2.05) is 0 Å². The number of rotatable bonds is 10. The van der Waals surface area contributed by atoms with Crippen LogP contribution in [0.2, 0.25) is 0 Å². The molecule has 17 rings (SSSR count). The fourth-order valence-corrected chi connectivity index (χ4v) is 18.1. The van der Waals surface area contributed by atoms with Crippen molar-refractivity contribution in [1.29, 1.82) is 0 Å². The van der Waals surface area contributed by atoms with E-state index in [2.05, 4.69) is 388 Å². The van der Waals surface area contributed by atoms with Gasteiger partial charge in [-0.25, -0.2) is 0 Å². The molecule has 0 bridgehead atoms. The van der Waals surface area contributed by atoms with Crippen molar-refractivity contribution in [2.75, 3.05) is 9.80 Å². The lowest BCUT2D eigenvalue weighted by Gasteiger charge is -2.30. The minimum Gasteiger partial charge on any atom is -0.310 e. The van der Waals surface area contributed by atoms with Crippen molar-refractivity contribution >= 4 is 58.4 Å². The smallest absolute Gasteiger partial charge is 0.0465 e. The molecule has 0 spiro atoms. The lowest BCUT2D eigenvalue weighted by Crippen LogP contribution is -2.18. The molecular formula is C99H92N2. The van der Waals surface area contributed by atoms with Crippen LogP contribution in [0.3, 0.4) is 0 Å². The molecule has 12 aromatic rings. The molecule has 101 heavy (non-hydrogen) atoms. The van der Waals surface area contributed by atoms with Crippen LogP contribution in [0.25, 0.3) is 79.9 Å². The molecule has 0 saturated heterocycles. The van der Waals surface area contributed by atoms with Crippen molar-refractivity contribution in [3.8, 4) is 55.6 Å². The molecule has 0 amide bonds. The standard InChI is InChI=1S/C99H92N2/c1-93(2,3)65-33-37-67(38-34-65)100(69-41-49-79-73-21-17-19-23-83(73)95(7,8)89(79)57-69)71-43-51-81-77-47-31-63(55-87(77)98(13,14)91(81)59-71)27-25-61-29-45-75-76-46-30-62(54-86(76)97(11,12)85(75)53-61)26-28-64-32-48-78-82-52-44-72(60-92(82)99(15,16)88(78)56-64)101(68-39-35-66(36-40-68)94(4,5)6)70-42-50-80-74-22-18-20-24-84(74)96(9,10)90(80)58-70/h17-60H,1-16H3/b27-25+,28-26+. The van der Waals surface area contributed by atoms with E-state index in [1.54, 1.807) is 0 Å². The van der Waals surface area contributed by atoms with Crippen LogP contribution in [0, 0.1) is 0 Å². The Morgan fingerprint density at radius 1 is 0.208 bits per heavy atom. The molecule has 0 aliphatic heterocycles. The zero-order valence-electron chi connectivity index (χ0n) is 61.8. The van der Waals surface area contributed by atoms with Gasteiger partial charge in [0.05, 0.1) is 0 Å². The van der Waals surface area contributed by atoms with E-state index in [4.69, 9.17) is 0 Å².